The van der Waals surface area contributed by atoms with E-state index in [-0.39, 0.29) is 5.91 Å². The molecule has 0 saturated heterocycles. The number of amides is 1. The van der Waals surface area contributed by atoms with E-state index in [0.717, 1.165) is 38.9 Å². The van der Waals surface area contributed by atoms with Crippen LogP contribution in [0.3, 0.4) is 0 Å². The van der Waals surface area contributed by atoms with E-state index >= 15 is 0 Å². The Bertz CT molecular complexity index is 148. The maximum Gasteiger partial charge on any atom is 0.223 e. The van der Waals surface area contributed by atoms with Gasteiger partial charge in [-0.25, -0.2) is 0 Å². The van der Waals surface area contributed by atoms with Crippen LogP contribution in [0, 0.1) is 0 Å². The average molecular weight is 200 g/mol. The molecule has 0 atom stereocenters. The second kappa shape index (κ2) is 9.00. The molecule has 0 aromatic rings. The van der Waals surface area contributed by atoms with Gasteiger partial charge in [0, 0.05) is 26.6 Å². The van der Waals surface area contributed by atoms with Crippen LogP contribution < -0.4 is 5.32 Å². The van der Waals surface area contributed by atoms with Gasteiger partial charge in [-0.2, -0.15) is 0 Å². The van der Waals surface area contributed by atoms with Crippen LogP contribution in [-0.4, -0.2) is 37.5 Å². The third-order valence-corrected chi connectivity index (χ3v) is 2.22. The molecule has 0 rings (SSSR count). The third kappa shape index (κ3) is 6.89. The van der Waals surface area contributed by atoms with E-state index in [0.29, 0.717) is 6.42 Å². The van der Waals surface area contributed by atoms with Crippen LogP contribution in [-0.2, 0) is 4.79 Å². The van der Waals surface area contributed by atoms with Crippen LogP contribution in [0.25, 0.3) is 0 Å². The number of hydrogen-bond donors (Lipinski definition) is 1. The van der Waals surface area contributed by atoms with Crippen molar-refractivity contribution < 1.29 is 4.79 Å². The van der Waals surface area contributed by atoms with Crippen LogP contribution in [0.2, 0.25) is 0 Å². The number of unbranched alkanes of at least 4 members (excludes halogenated alkanes) is 1. The van der Waals surface area contributed by atoms with Gasteiger partial charge in [-0.15, -0.1) is 0 Å². The van der Waals surface area contributed by atoms with E-state index in [9.17, 15) is 4.79 Å². The Morgan fingerprint density at radius 2 is 1.93 bits per heavy atom. The van der Waals surface area contributed by atoms with Gasteiger partial charge in [0.15, 0.2) is 0 Å². The van der Waals surface area contributed by atoms with E-state index in [1.54, 1.807) is 0 Å². The monoisotopic (exact) mass is 200 g/mol. The smallest absolute Gasteiger partial charge is 0.223 e. The highest BCUT2D eigenvalue weighted by Crippen LogP contribution is 1.94. The molecule has 0 radical (unpaired) electrons. The van der Waals surface area contributed by atoms with Crippen LogP contribution >= 0.6 is 0 Å². The Morgan fingerprint density at radius 3 is 2.50 bits per heavy atom. The first-order valence-electron chi connectivity index (χ1n) is 5.67. The van der Waals surface area contributed by atoms with Crippen molar-refractivity contribution in [3.8, 4) is 0 Å². The molecule has 0 spiro atoms. The zero-order valence-electron chi connectivity index (χ0n) is 9.81. The van der Waals surface area contributed by atoms with E-state index in [2.05, 4.69) is 19.2 Å². The highest BCUT2D eigenvalue weighted by atomic mass is 16.2. The Kier molecular flexibility index (Phi) is 8.64. The molecule has 3 heteroatoms. The third-order valence-electron chi connectivity index (χ3n) is 2.22. The summed E-state index contributed by atoms with van der Waals surface area (Å²) >= 11 is 0. The molecule has 0 heterocycles. The Balaban J connectivity index is 3.42. The average Bonchev–Trinajstić information content (AvgIpc) is 2.20. The molecule has 14 heavy (non-hydrogen) atoms. The van der Waals surface area contributed by atoms with Crippen molar-refractivity contribution in [2.24, 2.45) is 0 Å². The Labute approximate surface area is 87.9 Å². The second-order valence-electron chi connectivity index (χ2n) is 3.67. The maximum absolute atomic E-state index is 11.5. The summed E-state index contributed by atoms with van der Waals surface area (Å²) in [6, 6.07) is 0. The van der Waals surface area contributed by atoms with Crippen molar-refractivity contribution in [3.05, 3.63) is 0 Å². The van der Waals surface area contributed by atoms with E-state index in [1.165, 1.54) is 0 Å². The largest absolute Gasteiger partial charge is 0.346 e. The highest BCUT2D eigenvalue weighted by molar-refractivity contribution is 5.75. The highest BCUT2D eigenvalue weighted by Gasteiger charge is 2.06. The molecular weight excluding hydrogens is 176 g/mol. The minimum absolute atomic E-state index is 0.252. The van der Waals surface area contributed by atoms with Crippen molar-refractivity contribution in [1.82, 2.24) is 10.2 Å². The van der Waals surface area contributed by atoms with Gasteiger partial charge in [0.25, 0.3) is 0 Å². The first-order valence-corrected chi connectivity index (χ1v) is 5.67. The van der Waals surface area contributed by atoms with Gasteiger partial charge in [0.05, 0.1) is 0 Å². The number of hydrogen-bond acceptors (Lipinski definition) is 2. The summed E-state index contributed by atoms with van der Waals surface area (Å²) in [5.41, 5.74) is 0. The molecule has 84 valence electrons. The van der Waals surface area contributed by atoms with Crippen molar-refractivity contribution in [3.63, 3.8) is 0 Å². The van der Waals surface area contributed by atoms with Crippen molar-refractivity contribution in [2.45, 2.75) is 39.5 Å². The first-order chi connectivity index (χ1) is 6.72. The lowest BCUT2D eigenvalue weighted by Gasteiger charge is -2.16. The molecule has 0 aliphatic carbocycles. The lowest BCUT2D eigenvalue weighted by Crippen LogP contribution is -2.30. The van der Waals surface area contributed by atoms with E-state index < -0.39 is 0 Å². The molecule has 1 amide bonds. The normalized spacial score (nSPS) is 10.2. The molecular formula is C11H24N2O. The summed E-state index contributed by atoms with van der Waals surface area (Å²) in [6.07, 6.45) is 4.00. The molecule has 0 fully saturated rings. The fourth-order valence-corrected chi connectivity index (χ4v) is 1.21. The Morgan fingerprint density at radius 1 is 1.21 bits per heavy atom. The van der Waals surface area contributed by atoms with Gasteiger partial charge >= 0.3 is 0 Å². The summed E-state index contributed by atoms with van der Waals surface area (Å²) in [4.78, 5) is 13.3. The summed E-state index contributed by atoms with van der Waals surface area (Å²) in [6.45, 7) is 6.97. The van der Waals surface area contributed by atoms with Gasteiger partial charge < -0.3 is 10.2 Å². The predicted molar refractivity (Wildman–Crippen MR) is 60.3 cm³/mol. The molecule has 1 N–H and O–H groups in total. The molecule has 3 nitrogen and oxygen atoms in total. The lowest BCUT2D eigenvalue weighted by molar-refractivity contribution is -0.129. The van der Waals surface area contributed by atoms with Gasteiger partial charge in [0.2, 0.25) is 5.91 Å². The van der Waals surface area contributed by atoms with E-state index in [1.807, 2.05) is 11.9 Å². The predicted octanol–water partition coefficient (Wildman–Crippen LogP) is 1.63. The molecule has 0 aromatic carbocycles. The van der Waals surface area contributed by atoms with Gasteiger partial charge in [0.1, 0.15) is 0 Å². The fraction of sp³-hybridized carbons (Fsp3) is 0.909. The maximum atomic E-state index is 11.5. The topological polar surface area (TPSA) is 32.3 Å². The molecule has 0 saturated carbocycles. The van der Waals surface area contributed by atoms with E-state index in [4.69, 9.17) is 0 Å². The van der Waals surface area contributed by atoms with Crippen LogP contribution in [0.5, 0.6) is 0 Å². The summed E-state index contributed by atoms with van der Waals surface area (Å²) < 4.78 is 0. The van der Waals surface area contributed by atoms with Gasteiger partial charge in [-0.3, -0.25) is 4.79 Å². The minimum atomic E-state index is 0.252. The summed E-state index contributed by atoms with van der Waals surface area (Å²) in [7, 11) is 1.89. The fourth-order valence-electron chi connectivity index (χ4n) is 1.21. The summed E-state index contributed by atoms with van der Waals surface area (Å²) in [5.74, 6) is 0.252. The van der Waals surface area contributed by atoms with Crippen LogP contribution in [0.1, 0.15) is 39.5 Å². The lowest BCUT2D eigenvalue weighted by atomic mass is 10.3. The van der Waals surface area contributed by atoms with Crippen molar-refractivity contribution in [1.29, 1.82) is 0 Å². The van der Waals surface area contributed by atoms with Crippen molar-refractivity contribution in [2.75, 3.05) is 26.7 Å². The Hall–Kier alpha value is -0.570. The summed E-state index contributed by atoms with van der Waals surface area (Å²) in [5, 5.41) is 3.23. The molecule has 0 bridgehead atoms. The quantitative estimate of drug-likeness (QED) is 0.604. The number of rotatable bonds is 8. The molecule has 0 unspecified atom stereocenters. The van der Waals surface area contributed by atoms with Crippen LogP contribution in [0.4, 0.5) is 0 Å². The van der Waals surface area contributed by atoms with Crippen LogP contribution in [0.15, 0.2) is 0 Å². The SMILES string of the molecule is CCCCN(C)C(=O)CCNCCC. The molecule has 0 aliphatic heterocycles. The second-order valence-corrected chi connectivity index (χ2v) is 3.67. The minimum Gasteiger partial charge on any atom is -0.346 e. The number of nitrogens with zero attached hydrogens (tertiary/aromatic N) is 1. The van der Waals surface area contributed by atoms with Gasteiger partial charge in [-0.05, 0) is 19.4 Å². The number of nitrogens with one attached hydrogen (secondary N) is 1. The molecule has 0 aromatic heterocycles. The first kappa shape index (κ1) is 13.4. The zero-order valence-corrected chi connectivity index (χ0v) is 9.81. The van der Waals surface area contributed by atoms with Gasteiger partial charge in [-0.1, -0.05) is 20.3 Å². The van der Waals surface area contributed by atoms with Crippen molar-refractivity contribution >= 4 is 5.91 Å². The molecule has 0 aliphatic rings. The standard InChI is InChI=1S/C11H24N2O/c1-4-6-10-13(3)11(14)7-9-12-8-5-2/h12H,4-10H2,1-3H3. The number of carbonyl (C=O) groups is 1. The number of carbonyl (C=O) groups excluding carboxylic acids is 1. The zero-order chi connectivity index (χ0) is 10.8.